The fourth-order valence-corrected chi connectivity index (χ4v) is 8.28. The van der Waals surface area contributed by atoms with Crippen LogP contribution >= 0.6 is 23.5 Å². The highest BCUT2D eigenvalue weighted by molar-refractivity contribution is 8.21. The minimum atomic E-state index is -0.155. The molecule has 1 nitrogen and oxygen atoms in total. The fraction of sp³-hybridized carbons (Fsp3) is 0.189. The molecule has 2 heterocycles. The summed E-state index contributed by atoms with van der Waals surface area (Å²) < 4.78 is 2.27. The molecule has 0 saturated carbocycles. The minimum Gasteiger partial charge on any atom is -0.309 e. The number of hydrogen-bond donors (Lipinski definition) is 0. The van der Waals surface area contributed by atoms with Crippen LogP contribution < -0.4 is 0 Å². The lowest BCUT2D eigenvalue weighted by molar-refractivity contribution is 0.827. The summed E-state index contributed by atoms with van der Waals surface area (Å²) in [5, 5.41) is 0. The van der Waals surface area contributed by atoms with Crippen molar-refractivity contribution in [2.24, 2.45) is 0 Å². The minimum absolute atomic E-state index is 0.155. The number of benzene rings is 4. The maximum atomic E-state index is 3.67. The third-order valence-electron chi connectivity index (χ3n) is 7.31. The molecule has 3 heteroatoms. The van der Waals surface area contributed by atoms with Gasteiger partial charge in [0.05, 0.1) is 11.4 Å². The highest BCUT2D eigenvalue weighted by atomic mass is 32.2. The van der Waals surface area contributed by atoms with E-state index in [-0.39, 0.29) is 4.08 Å². The van der Waals surface area contributed by atoms with Crippen molar-refractivity contribution in [1.82, 2.24) is 4.57 Å². The van der Waals surface area contributed by atoms with Gasteiger partial charge in [0.15, 0.2) is 0 Å². The van der Waals surface area contributed by atoms with E-state index in [1.54, 1.807) is 0 Å². The Hall–Kier alpha value is -3.58. The summed E-state index contributed by atoms with van der Waals surface area (Å²) in [7, 11) is 0. The molecule has 0 amide bonds. The summed E-state index contributed by atoms with van der Waals surface area (Å²) in [5.41, 5.74) is 9.70. The number of rotatable bonds is 7. The molecule has 5 aromatic rings. The normalized spacial score (nSPS) is 14.0. The van der Waals surface area contributed by atoms with Gasteiger partial charge >= 0.3 is 0 Å². The molecule has 0 aliphatic carbocycles. The summed E-state index contributed by atoms with van der Waals surface area (Å²) in [6.45, 7) is 2.23. The molecule has 1 aliphatic rings. The van der Waals surface area contributed by atoms with Crippen LogP contribution in [0.2, 0.25) is 0 Å². The second kappa shape index (κ2) is 12.3. The largest absolute Gasteiger partial charge is 0.309 e. The van der Waals surface area contributed by atoms with E-state index in [1.807, 2.05) is 23.5 Å². The Morgan fingerprint density at radius 2 is 1.30 bits per heavy atom. The predicted octanol–water partition coefficient (Wildman–Crippen LogP) is 10.3. The first kappa shape index (κ1) is 26.6. The molecule has 4 aromatic carbocycles. The van der Waals surface area contributed by atoms with Crippen LogP contribution in [-0.4, -0.2) is 16.1 Å². The van der Waals surface area contributed by atoms with Crippen molar-refractivity contribution in [3.05, 3.63) is 127 Å². The van der Waals surface area contributed by atoms with Gasteiger partial charge in [-0.25, -0.2) is 0 Å². The Morgan fingerprint density at radius 3 is 1.93 bits per heavy atom. The van der Waals surface area contributed by atoms with Gasteiger partial charge in [0.25, 0.3) is 0 Å². The average Bonchev–Trinajstić information content (AvgIpc) is 3.67. The molecule has 0 atom stereocenters. The average molecular weight is 556 g/mol. The van der Waals surface area contributed by atoms with Gasteiger partial charge in [0.1, 0.15) is 4.08 Å². The lowest BCUT2D eigenvalue weighted by atomic mass is 10.0. The zero-order chi connectivity index (χ0) is 27.2. The van der Waals surface area contributed by atoms with E-state index < -0.39 is 0 Å². The molecule has 1 fully saturated rings. The van der Waals surface area contributed by atoms with Gasteiger partial charge < -0.3 is 4.57 Å². The topological polar surface area (TPSA) is 4.93 Å². The highest BCUT2D eigenvalue weighted by Crippen LogP contribution is 2.52. The van der Waals surface area contributed by atoms with Crippen LogP contribution in [0.1, 0.15) is 31.7 Å². The smallest absolute Gasteiger partial charge is 0.147 e. The van der Waals surface area contributed by atoms with Crippen LogP contribution in [0.4, 0.5) is 0 Å². The molecule has 1 saturated heterocycles. The molecule has 0 N–H and O–H groups in total. The van der Waals surface area contributed by atoms with Gasteiger partial charge in [-0.3, -0.25) is 0 Å². The number of para-hydroxylation sites is 1. The Labute approximate surface area is 247 Å². The van der Waals surface area contributed by atoms with Crippen molar-refractivity contribution in [1.29, 1.82) is 0 Å². The SMILES string of the molecule is CCCCC#CC1(c2ccc(-c3cc(-c4ccccc4)c(-c4ccccc4)n3-c3ccccc3)cc2)SCCS1. The standard InChI is InChI=1S/C37H33NS2/c1-2-3-4-14-25-37(39-26-27-40-37)32-23-21-30(22-24-32)35-28-34(29-15-8-5-9-16-29)36(31-17-10-6-11-18-31)38(35)33-19-12-7-13-20-33/h5-13,15-24,28H,2-4,26-27H2,1H3. The maximum Gasteiger partial charge on any atom is 0.147 e. The quantitative estimate of drug-likeness (QED) is 0.145. The second-order valence-corrected chi connectivity index (χ2v) is 12.9. The van der Waals surface area contributed by atoms with Gasteiger partial charge in [-0.05, 0) is 46.9 Å². The molecule has 6 rings (SSSR count). The third-order valence-corrected chi connectivity index (χ3v) is 10.6. The first-order valence-corrected chi connectivity index (χ1v) is 16.1. The summed E-state index contributed by atoms with van der Waals surface area (Å²) in [5.74, 6) is 9.46. The van der Waals surface area contributed by atoms with E-state index in [0.717, 1.165) is 23.6 Å². The molecule has 0 radical (unpaired) electrons. The van der Waals surface area contributed by atoms with E-state index >= 15 is 0 Å². The number of hydrogen-bond acceptors (Lipinski definition) is 2. The third kappa shape index (κ3) is 5.39. The van der Waals surface area contributed by atoms with Gasteiger partial charge in [-0.2, -0.15) is 0 Å². The van der Waals surface area contributed by atoms with Crippen molar-refractivity contribution < 1.29 is 0 Å². The van der Waals surface area contributed by atoms with E-state index in [9.17, 15) is 0 Å². The van der Waals surface area contributed by atoms with E-state index in [2.05, 4.69) is 145 Å². The predicted molar refractivity (Wildman–Crippen MR) is 176 cm³/mol. The Morgan fingerprint density at radius 1 is 0.700 bits per heavy atom. The highest BCUT2D eigenvalue weighted by Gasteiger charge is 2.36. The van der Waals surface area contributed by atoms with Crippen molar-refractivity contribution in [3.63, 3.8) is 0 Å². The molecular weight excluding hydrogens is 523 g/mol. The van der Waals surface area contributed by atoms with Gasteiger partial charge in [-0.1, -0.05) is 122 Å². The zero-order valence-electron chi connectivity index (χ0n) is 22.8. The Balaban J connectivity index is 1.51. The van der Waals surface area contributed by atoms with Crippen LogP contribution in [0.25, 0.3) is 39.3 Å². The second-order valence-electron chi connectivity index (χ2n) is 9.99. The Bertz CT molecular complexity index is 1600. The van der Waals surface area contributed by atoms with Gasteiger partial charge in [0, 0.05) is 29.2 Å². The Kier molecular flexibility index (Phi) is 8.19. The number of unbranched alkanes of at least 4 members (excludes halogenated alkanes) is 2. The molecular formula is C37H33NS2. The van der Waals surface area contributed by atoms with Crippen LogP contribution in [0.3, 0.4) is 0 Å². The first-order valence-electron chi connectivity index (χ1n) is 14.1. The van der Waals surface area contributed by atoms with Crippen LogP contribution in [0.5, 0.6) is 0 Å². The van der Waals surface area contributed by atoms with Gasteiger partial charge in [-0.15, -0.1) is 29.4 Å². The lowest BCUT2D eigenvalue weighted by Crippen LogP contribution is -2.11. The fourth-order valence-electron chi connectivity index (χ4n) is 5.31. The molecule has 0 unspecified atom stereocenters. The van der Waals surface area contributed by atoms with Crippen LogP contribution in [0.15, 0.2) is 121 Å². The number of thioether (sulfide) groups is 2. The van der Waals surface area contributed by atoms with Crippen molar-refractivity contribution in [3.8, 4) is 51.2 Å². The summed E-state index contributed by atoms with van der Waals surface area (Å²) in [4.78, 5) is 0. The number of nitrogens with zero attached hydrogens (tertiary/aromatic N) is 1. The maximum absolute atomic E-state index is 3.67. The molecule has 0 spiro atoms. The summed E-state index contributed by atoms with van der Waals surface area (Å²) >= 11 is 3.98. The van der Waals surface area contributed by atoms with E-state index in [0.29, 0.717) is 0 Å². The molecule has 198 valence electrons. The molecule has 1 aromatic heterocycles. The molecule has 40 heavy (non-hydrogen) atoms. The summed E-state index contributed by atoms with van der Waals surface area (Å²) in [6.07, 6.45) is 3.33. The molecule has 0 bridgehead atoms. The lowest BCUT2D eigenvalue weighted by Gasteiger charge is -2.22. The van der Waals surface area contributed by atoms with Crippen LogP contribution in [0, 0.1) is 11.8 Å². The summed E-state index contributed by atoms with van der Waals surface area (Å²) in [6, 6.07) is 43.8. The van der Waals surface area contributed by atoms with E-state index in [1.165, 1.54) is 52.0 Å². The van der Waals surface area contributed by atoms with Crippen molar-refractivity contribution in [2.75, 3.05) is 11.5 Å². The monoisotopic (exact) mass is 555 g/mol. The van der Waals surface area contributed by atoms with Gasteiger partial charge in [0.2, 0.25) is 0 Å². The van der Waals surface area contributed by atoms with Crippen molar-refractivity contribution >= 4 is 23.5 Å². The van der Waals surface area contributed by atoms with Crippen molar-refractivity contribution in [2.45, 2.75) is 30.3 Å². The van der Waals surface area contributed by atoms with E-state index in [4.69, 9.17) is 0 Å². The number of aromatic nitrogens is 1. The van der Waals surface area contributed by atoms with Crippen LogP contribution in [-0.2, 0) is 4.08 Å². The molecule has 1 aliphatic heterocycles. The first-order chi connectivity index (χ1) is 19.8. The zero-order valence-corrected chi connectivity index (χ0v) is 24.5.